The van der Waals surface area contributed by atoms with Crippen LogP contribution in [-0.2, 0) is 11.3 Å². The summed E-state index contributed by atoms with van der Waals surface area (Å²) < 4.78 is 35.1. The minimum absolute atomic E-state index is 0.0323. The molecule has 11 nitrogen and oxygen atoms in total. The first kappa shape index (κ1) is 29.8. The van der Waals surface area contributed by atoms with E-state index in [0.29, 0.717) is 56.6 Å². The predicted molar refractivity (Wildman–Crippen MR) is 166 cm³/mol. The van der Waals surface area contributed by atoms with Gasteiger partial charge in [0.05, 0.1) is 40.9 Å². The van der Waals surface area contributed by atoms with E-state index in [2.05, 4.69) is 4.98 Å². The second-order valence-corrected chi connectivity index (χ2v) is 9.56. The second kappa shape index (κ2) is 12.7. The zero-order valence-corrected chi connectivity index (χ0v) is 24.9. The molecule has 0 aliphatic heterocycles. The Labute approximate surface area is 253 Å². The minimum Gasteiger partial charge on any atom is -0.493 e. The van der Waals surface area contributed by atoms with Gasteiger partial charge in [-0.2, -0.15) is 0 Å². The van der Waals surface area contributed by atoms with E-state index < -0.39 is 11.5 Å². The van der Waals surface area contributed by atoms with Crippen molar-refractivity contribution in [2.24, 2.45) is 0 Å². The normalized spacial score (nSPS) is 10.8. The molecular weight excluding hydrogens is 566 g/mol. The van der Waals surface area contributed by atoms with E-state index in [-0.39, 0.29) is 17.7 Å². The number of nitrogen functional groups attached to an aromatic ring is 1. The molecule has 0 fully saturated rings. The van der Waals surface area contributed by atoms with Crippen LogP contribution in [0, 0.1) is 0 Å². The Bertz CT molecular complexity index is 1860. The maximum Gasteiger partial charge on any atom is 0.355 e. The van der Waals surface area contributed by atoms with Gasteiger partial charge in [-0.05, 0) is 60.2 Å². The molecule has 0 spiro atoms. The van der Waals surface area contributed by atoms with Crippen LogP contribution in [0.5, 0.6) is 28.7 Å². The van der Waals surface area contributed by atoms with Gasteiger partial charge >= 0.3 is 5.97 Å². The van der Waals surface area contributed by atoms with E-state index in [1.54, 1.807) is 67.0 Å². The van der Waals surface area contributed by atoms with Gasteiger partial charge in [0, 0.05) is 40.3 Å². The summed E-state index contributed by atoms with van der Waals surface area (Å²) in [5.41, 5.74) is 7.99. The van der Waals surface area contributed by atoms with Crippen LogP contribution >= 0.6 is 0 Å². The molecule has 5 rings (SSSR count). The third-order valence-corrected chi connectivity index (χ3v) is 7.07. The Balaban J connectivity index is 1.91. The molecule has 0 saturated carbocycles. The number of nitrogens with zero attached hydrogens (tertiary/aromatic N) is 2. The van der Waals surface area contributed by atoms with E-state index >= 15 is 0 Å². The molecule has 2 heterocycles. The van der Waals surface area contributed by atoms with Crippen molar-refractivity contribution < 1.29 is 33.2 Å². The number of methoxy groups -OCH3 is 5. The Morgan fingerprint density at radius 3 is 2.05 bits per heavy atom. The number of carbonyl (C=O) groups excluding carboxylic acids is 1. The van der Waals surface area contributed by atoms with Gasteiger partial charge in [-0.1, -0.05) is 6.07 Å². The van der Waals surface area contributed by atoms with Crippen molar-refractivity contribution in [2.75, 3.05) is 41.3 Å². The molecule has 44 heavy (non-hydrogen) atoms. The fraction of sp³-hybridized carbons (Fsp3) is 0.182. The van der Waals surface area contributed by atoms with Crippen LogP contribution in [-0.4, -0.2) is 51.1 Å². The monoisotopic (exact) mass is 597 g/mol. The summed E-state index contributed by atoms with van der Waals surface area (Å²) in [4.78, 5) is 32.1. The van der Waals surface area contributed by atoms with Crippen LogP contribution in [0.15, 0.2) is 77.9 Å². The first-order chi connectivity index (χ1) is 21.3. The van der Waals surface area contributed by atoms with E-state index in [1.807, 2.05) is 6.07 Å². The number of fused-ring (bicyclic) bond motifs is 1. The summed E-state index contributed by atoms with van der Waals surface area (Å²) in [5.74, 6) is 0.972. The highest BCUT2D eigenvalue weighted by molar-refractivity contribution is 6.08. The Morgan fingerprint density at radius 1 is 0.818 bits per heavy atom. The standard InChI is InChI=1S/C33H31N3O8/c1-39-25-15-23-24(16-26(25)44-18-19-7-6-12-35-17-19)32(37)36(22-10-8-21(34)9-11-22)30(33(38)43-5)29(23)20-13-27(40-2)31(42-4)28(14-20)41-3/h6-17H,18,34H2,1-5H3. The highest BCUT2D eigenvalue weighted by Gasteiger charge is 2.28. The van der Waals surface area contributed by atoms with Gasteiger partial charge in [0.1, 0.15) is 12.3 Å². The topological polar surface area (TPSA) is 133 Å². The van der Waals surface area contributed by atoms with Gasteiger partial charge in [0.2, 0.25) is 5.75 Å². The Morgan fingerprint density at radius 2 is 1.48 bits per heavy atom. The van der Waals surface area contributed by atoms with Gasteiger partial charge in [0.25, 0.3) is 5.56 Å². The van der Waals surface area contributed by atoms with Crippen molar-refractivity contribution >= 4 is 22.4 Å². The summed E-state index contributed by atoms with van der Waals surface area (Å²) in [6.45, 7) is 0.182. The van der Waals surface area contributed by atoms with E-state index in [4.69, 9.17) is 34.2 Å². The number of ether oxygens (including phenoxy) is 6. The van der Waals surface area contributed by atoms with Crippen molar-refractivity contribution in [3.8, 4) is 45.6 Å². The zero-order chi connectivity index (χ0) is 31.4. The fourth-order valence-corrected chi connectivity index (χ4v) is 5.00. The molecule has 2 N–H and O–H groups in total. The first-order valence-electron chi connectivity index (χ1n) is 13.4. The fourth-order valence-electron chi connectivity index (χ4n) is 5.00. The average molecular weight is 598 g/mol. The van der Waals surface area contributed by atoms with Crippen molar-refractivity contribution in [3.63, 3.8) is 0 Å². The number of nitrogens with two attached hydrogens (primary N) is 1. The highest BCUT2D eigenvalue weighted by Crippen LogP contribution is 2.45. The second-order valence-electron chi connectivity index (χ2n) is 9.56. The van der Waals surface area contributed by atoms with Crippen molar-refractivity contribution in [3.05, 3.63) is 94.7 Å². The smallest absolute Gasteiger partial charge is 0.355 e. The van der Waals surface area contributed by atoms with Crippen molar-refractivity contribution in [1.29, 1.82) is 0 Å². The molecule has 0 aliphatic carbocycles. The molecule has 0 amide bonds. The van der Waals surface area contributed by atoms with Crippen LogP contribution in [0.1, 0.15) is 16.1 Å². The third-order valence-electron chi connectivity index (χ3n) is 7.07. The Kier molecular flexibility index (Phi) is 8.56. The van der Waals surface area contributed by atoms with Crippen LogP contribution in [0.2, 0.25) is 0 Å². The molecular formula is C33H31N3O8. The van der Waals surface area contributed by atoms with E-state index in [0.717, 1.165) is 5.56 Å². The number of benzene rings is 3. The maximum absolute atomic E-state index is 14.4. The van der Waals surface area contributed by atoms with Gasteiger partial charge in [0.15, 0.2) is 23.0 Å². The van der Waals surface area contributed by atoms with E-state index in [1.165, 1.54) is 40.1 Å². The van der Waals surface area contributed by atoms with Crippen LogP contribution in [0.3, 0.4) is 0 Å². The Hall–Kier alpha value is -5.71. The number of anilines is 1. The summed E-state index contributed by atoms with van der Waals surface area (Å²) in [5, 5.41) is 0.655. The van der Waals surface area contributed by atoms with E-state index in [9.17, 15) is 9.59 Å². The highest BCUT2D eigenvalue weighted by atomic mass is 16.5. The molecule has 5 aromatic rings. The lowest BCUT2D eigenvalue weighted by Crippen LogP contribution is -2.27. The summed E-state index contributed by atoms with van der Waals surface area (Å²) in [7, 11) is 7.22. The molecule has 3 aromatic carbocycles. The van der Waals surface area contributed by atoms with Crippen molar-refractivity contribution in [1.82, 2.24) is 9.55 Å². The maximum atomic E-state index is 14.4. The number of pyridine rings is 2. The van der Waals surface area contributed by atoms with Crippen LogP contribution in [0.4, 0.5) is 5.69 Å². The van der Waals surface area contributed by atoms with Gasteiger partial charge in [-0.15, -0.1) is 0 Å². The lowest BCUT2D eigenvalue weighted by Gasteiger charge is -2.21. The summed E-state index contributed by atoms with van der Waals surface area (Å²) >= 11 is 0. The summed E-state index contributed by atoms with van der Waals surface area (Å²) in [6, 6.07) is 16.9. The number of aromatic nitrogens is 2. The lowest BCUT2D eigenvalue weighted by atomic mass is 9.95. The summed E-state index contributed by atoms with van der Waals surface area (Å²) in [6.07, 6.45) is 3.36. The molecule has 0 saturated heterocycles. The first-order valence-corrected chi connectivity index (χ1v) is 13.4. The molecule has 0 unspecified atom stereocenters. The molecule has 0 aliphatic rings. The number of rotatable bonds is 10. The van der Waals surface area contributed by atoms with Gasteiger partial charge in [-0.25, -0.2) is 4.79 Å². The lowest BCUT2D eigenvalue weighted by molar-refractivity contribution is 0.0591. The number of carbonyl (C=O) groups is 1. The predicted octanol–water partition coefficient (Wildman–Crippen LogP) is 5.03. The number of hydrogen-bond donors (Lipinski definition) is 1. The molecule has 0 radical (unpaired) electrons. The van der Waals surface area contributed by atoms with Crippen LogP contribution in [0.25, 0.3) is 27.6 Å². The molecule has 226 valence electrons. The number of hydrogen-bond acceptors (Lipinski definition) is 10. The minimum atomic E-state index is -0.750. The average Bonchev–Trinajstić information content (AvgIpc) is 3.06. The van der Waals surface area contributed by atoms with Gasteiger partial charge < -0.3 is 34.2 Å². The SMILES string of the molecule is COC(=O)c1c(-c2cc(OC)c(OC)c(OC)c2)c2cc(OC)c(OCc3cccnc3)cc2c(=O)n1-c1ccc(N)cc1. The zero-order valence-electron chi connectivity index (χ0n) is 24.9. The third kappa shape index (κ3) is 5.42. The largest absolute Gasteiger partial charge is 0.493 e. The quantitative estimate of drug-likeness (QED) is 0.173. The van der Waals surface area contributed by atoms with Gasteiger partial charge in [-0.3, -0.25) is 14.3 Å². The molecule has 11 heteroatoms. The van der Waals surface area contributed by atoms with Crippen molar-refractivity contribution in [2.45, 2.75) is 6.61 Å². The molecule has 2 aromatic heterocycles. The van der Waals surface area contributed by atoms with Crippen LogP contribution < -0.4 is 35.0 Å². The molecule has 0 atom stereocenters. The number of esters is 1. The molecule has 0 bridgehead atoms.